The number of nitro groups is 1. The van der Waals surface area contributed by atoms with Gasteiger partial charge in [-0.15, -0.1) is 10.2 Å². The van der Waals surface area contributed by atoms with E-state index in [1.165, 1.54) is 30.0 Å². The second kappa shape index (κ2) is 11.7. The molecule has 0 aliphatic heterocycles. The standard InChI is InChI=1S/C26H22Cl3N5O3S/c1-14(2)18-6-4-5-7-23(18)33-24(19-10-8-16(27)12-20(19)28)31-32-26(33)38-15(3)25(35)30-22-11-9-17(34(36)37)13-21(22)29/h4-15H,1-3H3,(H,30,35)/t15-/m1/s1. The van der Waals surface area contributed by atoms with Gasteiger partial charge in [0, 0.05) is 22.7 Å². The van der Waals surface area contributed by atoms with Crippen molar-refractivity contribution >= 4 is 63.8 Å². The molecule has 1 heterocycles. The van der Waals surface area contributed by atoms with Crippen LogP contribution >= 0.6 is 46.6 Å². The van der Waals surface area contributed by atoms with Crippen LogP contribution in [0.4, 0.5) is 11.4 Å². The zero-order valence-electron chi connectivity index (χ0n) is 20.5. The lowest BCUT2D eigenvalue weighted by Crippen LogP contribution is -2.23. The number of halogens is 3. The van der Waals surface area contributed by atoms with Crippen molar-refractivity contribution in [2.45, 2.75) is 37.1 Å². The van der Waals surface area contributed by atoms with E-state index in [9.17, 15) is 14.9 Å². The number of rotatable bonds is 8. The van der Waals surface area contributed by atoms with Crippen molar-refractivity contribution in [3.8, 4) is 17.1 Å². The molecule has 4 aromatic rings. The fourth-order valence-electron chi connectivity index (χ4n) is 3.75. The maximum atomic E-state index is 13.1. The molecule has 0 saturated heterocycles. The molecule has 1 atom stereocenters. The van der Waals surface area contributed by atoms with Gasteiger partial charge in [-0.25, -0.2) is 0 Å². The van der Waals surface area contributed by atoms with Crippen molar-refractivity contribution < 1.29 is 9.72 Å². The molecule has 12 heteroatoms. The SMILES string of the molecule is CC(C)c1ccccc1-n1c(S[C@H](C)C(=O)Nc2ccc([N+](=O)[O-])cc2Cl)nnc1-c1ccc(Cl)cc1Cl. The zero-order valence-corrected chi connectivity index (χ0v) is 23.6. The zero-order chi connectivity index (χ0) is 27.6. The number of anilines is 1. The van der Waals surface area contributed by atoms with Crippen LogP contribution in [0.15, 0.2) is 65.8 Å². The van der Waals surface area contributed by atoms with E-state index >= 15 is 0 Å². The van der Waals surface area contributed by atoms with Crippen molar-refractivity contribution in [2.75, 3.05) is 5.32 Å². The molecular formula is C26H22Cl3N5O3S. The number of hydrogen-bond donors (Lipinski definition) is 1. The van der Waals surface area contributed by atoms with Gasteiger partial charge in [-0.05, 0) is 48.7 Å². The van der Waals surface area contributed by atoms with Crippen LogP contribution in [-0.4, -0.2) is 30.8 Å². The summed E-state index contributed by atoms with van der Waals surface area (Å²) in [7, 11) is 0. The Hall–Kier alpha value is -3.11. The van der Waals surface area contributed by atoms with Crippen LogP contribution in [0.2, 0.25) is 15.1 Å². The number of benzene rings is 3. The predicted molar refractivity (Wildman–Crippen MR) is 153 cm³/mol. The number of carbonyl (C=O) groups is 1. The normalized spacial score (nSPS) is 12.0. The van der Waals surface area contributed by atoms with Gasteiger partial charge in [0.1, 0.15) is 0 Å². The summed E-state index contributed by atoms with van der Waals surface area (Å²) in [5, 5.41) is 23.4. The van der Waals surface area contributed by atoms with Gasteiger partial charge in [0.15, 0.2) is 11.0 Å². The van der Waals surface area contributed by atoms with Crippen LogP contribution < -0.4 is 5.32 Å². The van der Waals surface area contributed by atoms with Crippen molar-refractivity contribution in [1.29, 1.82) is 0 Å². The molecule has 8 nitrogen and oxygen atoms in total. The number of nitrogens with zero attached hydrogens (tertiary/aromatic N) is 4. The number of aromatic nitrogens is 3. The maximum Gasteiger partial charge on any atom is 0.271 e. The van der Waals surface area contributed by atoms with Gasteiger partial charge in [0.2, 0.25) is 5.91 Å². The molecule has 196 valence electrons. The van der Waals surface area contributed by atoms with Crippen LogP contribution in [0.3, 0.4) is 0 Å². The minimum Gasteiger partial charge on any atom is -0.324 e. The fourth-order valence-corrected chi connectivity index (χ4v) is 5.33. The second-order valence-corrected chi connectivity index (χ2v) is 11.2. The van der Waals surface area contributed by atoms with Gasteiger partial charge in [0.25, 0.3) is 5.69 Å². The number of carbonyl (C=O) groups excluding carboxylic acids is 1. The van der Waals surface area contributed by atoms with Gasteiger partial charge in [-0.2, -0.15) is 0 Å². The number of hydrogen-bond acceptors (Lipinski definition) is 6. The third-order valence-electron chi connectivity index (χ3n) is 5.68. The highest BCUT2D eigenvalue weighted by Gasteiger charge is 2.25. The topological polar surface area (TPSA) is 103 Å². The number of thioether (sulfide) groups is 1. The van der Waals surface area contributed by atoms with Gasteiger partial charge in [0.05, 0.1) is 31.6 Å². The third kappa shape index (κ3) is 5.96. The van der Waals surface area contributed by atoms with E-state index < -0.39 is 10.2 Å². The number of nitrogens with one attached hydrogen (secondary N) is 1. The Bertz CT molecular complexity index is 1530. The first-order valence-electron chi connectivity index (χ1n) is 11.5. The second-order valence-electron chi connectivity index (χ2n) is 8.65. The minimum absolute atomic E-state index is 0.0680. The molecule has 0 aliphatic rings. The summed E-state index contributed by atoms with van der Waals surface area (Å²) in [6.45, 7) is 5.91. The monoisotopic (exact) mass is 589 g/mol. The van der Waals surface area contributed by atoms with Crippen molar-refractivity contribution in [3.05, 3.63) is 91.4 Å². The molecule has 0 saturated carbocycles. The van der Waals surface area contributed by atoms with Gasteiger partial charge in [-0.3, -0.25) is 19.5 Å². The number of amides is 1. The molecule has 0 unspecified atom stereocenters. The molecule has 1 aromatic heterocycles. The smallest absolute Gasteiger partial charge is 0.271 e. The van der Waals surface area contributed by atoms with Crippen molar-refractivity contribution in [1.82, 2.24) is 14.8 Å². The van der Waals surface area contributed by atoms with Crippen molar-refractivity contribution in [2.24, 2.45) is 0 Å². The Morgan fingerprint density at radius 1 is 1.00 bits per heavy atom. The van der Waals surface area contributed by atoms with E-state index in [-0.39, 0.29) is 28.2 Å². The summed E-state index contributed by atoms with van der Waals surface area (Å²) < 4.78 is 1.89. The van der Waals surface area contributed by atoms with Gasteiger partial charge in [-0.1, -0.05) is 78.6 Å². The molecule has 1 N–H and O–H groups in total. The largest absolute Gasteiger partial charge is 0.324 e. The first-order valence-corrected chi connectivity index (χ1v) is 13.5. The summed E-state index contributed by atoms with van der Waals surface area (Å²) in [6.07, 6.45) is 0. The quantitative estimate of drug-likeness (QED) is 0.127. The van der Waals surface area contributed by atoms with E-state index in [0.717, 1.165) is 11.3 Å². The Morgan fingerprint density at radius 2 is 1.74 bits per heavy atom. The molecule has 0 spiro atoms. The number of nitro benzene ring substituents is 1. The van der Waals surface area contributed by atoms with Gasteiger partial charge >= 0.3 is 0 Å². The first kappa shape index (κ1) is 27.9. The van der Waals surface area contributed by atoms with Crippen LogP contribution in [0.5, 0.6) is 0 Å². The highest BCUT2D eigenvalue weighted by Crippen LogP contribution is 2.37. The average Bonchev–Trinajstić information content (AvgIpc) is 3.27. The lowest BCUT2D eigenvalue weighted by Gasteiger charge is -2.18. The summed E-state index contributed by atoms with van der Waals surface area (Å²) in [5.74, 6) is 0.349. The van der Waals surface area contributed by atoms with Crippen LogP contribution in [0.1, 0.15) is 32.3 Å². The molecule has 0 aliphatic carbocycles. The number of non-ortho nitro benzene ring substituents is 1. The average molecular weight is 591 g/mol. The molecule has 0 fully saturated rings. The minimum atomic E-state index is -0.621. The predicted octanol–water partition coefficient (Wildman–Crippen LogP) is 8.05. The summed E-state index contributed by atoms with van der Waals surface area (Å²) >= 11 is 20.0. The van der Waals surface area contributed by atoms with E-state index in [4.69, 9.17) is 34.8 Å². The van der Waals surface area contributed by atoms with Crippen LogP contribution in [-0.2, 0) is 4.79 Å². The molecule has 3 aromatic carbocycles. The van der Waals surface area contributed by atoms with Crippen molar-refractivity contribution in [3.63, 3.8) is 0 Å². The van der Waals surface area contributed by atoms with Gasteiger partial charge < -0.3 is 5.32 Å². The molecule has 4 rings (SSSR count). The van der Waals surface area contributed by atoms with E-state index in [0.29, 0.717) is 26.6 Å². The summed E-state index contributed by atoms with van der Waals surface area (Å²) in [4.78, 5) is 23.5. The van der Waals surface area contributed by atoms with E-state index in [1.807, 2.05) is 28.8 Å². The number of para-hydroxylation sites is 1. The molecule has 1 amide bonds. The van der Waals surface area contributed by atoms with E-state index in [2.05, 4.69) is 29.4 Å². The Morgan fingerprint density at radius 3 is 2.39 bits per heavy atom. The molecule has 38 heavy (non-hydrogen) atoms. The van der Waals surface area contributed by atoms with Crippen LogP contribution in [0.25, 0.3) is 17.1 Å². The maximum absolute atomic E-state index is 13.1. The molecule has 0 bridgehead atoms. The first-order chi connectivity index (χ1) is 18.1. The molecule has 0 radical (unpaired) electrons. The summed E-state index contributed by atoms with van der Waals surface area (Å²) in [6, 6.07) is 16.9. The molecular weight excluding hydrogens is 569 g/mol. The fraction of sp³-hybridized carbons (Fsp3) is 0.192. The highest BCUT2D eigenvalue weighted by molar-refractivity contribution is 8.00. The Kier molecular flexibility index (Phi) is 8.62. The lowest BCUT2D eigenvalue weighted by atomic mass is 10.0. The lowest BCUT2D eigenvalue weighted by molar-refractivity contribution is -0.384. The van der Waals surface area contributed by atoms with Crippen LogP contribution in [0, 0.1) is 10.1 Å². The Balaban J connectivity index is 1.71. The summed E-state index contributed by atoms with van der Waals surface area (Å²) in [5.41, 5.74) is 2.68. The van der Waals surface area contributed by atoms with E-state index in [1.54, 1.807) is 25.1 Å². The Labute approximate surface area is 238 Å². The highest BCUT2D eigenvalue weighted by atomic mass is 35.5. The third-order valence-corrected chi connectivity index (χ3v) is 7.58.